The predicted molar refractivity (Wildman–Crippen MR) is 100 cm³/mol. The van der Waals surface area contributed by atoms with E-state index in [1.54, 1.807) is 18.7 Å². The number of urea groups is 1. The highest BCUT2D eigenvalue weighted by Crippen LogP contribution is 2.50. The van der Waals surface area contributed by atoms with Crippen LogP contribution >= 0.6 is 0 Å². The van der Waals surface area contributed by atoms with Crippen LogP contribution in [0.3, 0.4) is 0 Å². The van der Waals surface area contributed by atoms with Crippen LogP contribution in [-0.4, -0.2) is 47.5 Å². The number of hydrogen-bond donors (Lipinski definition) is 1. The molecule has 10 heteroatoms. The highest BCUT2D eigenvalue weighted by Gasteiger charge is 2.71. The van der Waals surface area contributed by atoms with Crippen molar-refractivity contribution in [3.05, 3.63) is 29.8 Å². The average molecular weight is 440 g/mol. The standard InChI is InChI=1S/C20H26F6N2O2/c1-3-27(4-2)17(29)28(15-8-6-5-7-9-15)16-12-10-14(11-13-16)18(30,19(21,22)23)20(24,25)26/h10-13,15,30H,3-9H2,1-2H3. The maximum atomic E-state index is 13.1. The number of rotatable bonds is 5. The van der Waals surface area contributed by atoms with Crippen LogP contribution in [0.15, 0.2) is 24.3 Å². The summed E-state index contributed by atoms with van der Waals surface area (Å²) in [5.41, 5.74) is -6.13. The average Bonchev–Trinajstić information content (AvgIpc) is 2.68. The van der Waals surface area contributed by atoms with Crippen molar-refractivity contribution in [1.82, 2.24) is 4.90 Å². The molecule has 0 aliphatic heterocycles. The first-order valence-corrected chi connectivity index (χ1v) is 9.93. The van der Waals surface area contributed by atoms with Crippen molar-refractivity contribution in [2.45, 2.75) is 69.9 Å². The molecule has 1 aliphatic carbocycles. The first-order chi connectivity index (χ1) is 13.9. The second kappa shape index (κ2) is 9.03. The molecule has 1 saturated carbocycles. The second-order valence-corrected chi connectivity index (χ2v) is 7.37. The molecule has 0 atom stereocenters. The molecule has 30 heavy (non-hydrogen) atoms. The molecule has 1 aromatic rings. The monoisotopic (exact) mass is 440 g/mol. The van der Waals surface area contributed by atoms with Crippen molar-refractivity contribution < 1.29 is 36.2 Å². The van der Waals surface area contributed by atoms with Gasteiger partial charge in [-0.15, -0.1) is 0 Å². The van der Waals surface area contributed by atoms with Crippen LogP contribution in [-0.2, 0) is 5.60 Å². The van der Waals surface area contributed by atoms with Crippen molar-refractivity contribution in [1.29, 1.82) is 0 Å². The van der Waals surface area contributed by atoms with Gasteiger partial charge in [0.2, 0.25) is 0 Å². The van der Waals surface area contributed by atoms with Gasteiger partial charge in [-0.05, 0) is 38.8 Å². The Bertz CT molecular complexity index is 693. The summed E-state index contributed by atoms with van der Waals surface area (Å²) < 4.78 is 78.7. The fourth-order valence-electron chi connectivity index (χ4n) is 3.81. The van der Waals surface area contributed by atoms with Gasteiger partial charge in [-0.25, -0.2) is 4.79 Å². The molecule has 1 aromatic carbocycles. The number of halogens is 6. The largest absolute Gasteiger partial charge is 0.430 e. The lowest BCUT2D eigenvalue weighted by molar-refractivity contribution is -0.376. The van der Waals surface area contributed by atoms with Crippen LogP contribution in [0.2, 0.25) is 0 Å². The number of carbonyl (C=O) groups is 1. The number of hydrogen-bond acceptors (Lipinski definition) is 2. The lowest BCUT2D eigenvalue weighted by Crippen LogP contribution is -2.54. The Morgan fingerprint density at radius 1 is 0.933 bits per heavy atom. The van der Waals surface area contributed by atoms with E-state index in [1.165, 1.54) is 4.90 Å². The summed E-state index contributed by atoms with van der Waals surface area (Å²) >= 11 is 0. The molecular formula is C20H26F6N2O2. The maximum absolute atomic E-state index is 13.1. The van der Waals surface area contributed by atoms with Gasteiger partial charge in [-0.1, -0.05) is 31.4 Å². The van der Waals surface area contributed by atoms with Crippen molar-refractivity contribution >= 4 is 11.7 Å². The smallest absolute Gasteiger partial charge is 0.369 e. The normalized spacial score (nSPS) is 16.4. The molecule has 170 valence electrons. The topological polar surface area (TPSA) is 43.8 Å². The van der Waals surface area contributed by atoms with E-state index in [2.05, 4.69) is 0 Å². The fraction of sp³-hybridized carbons (Fsp3) is 0.650. The van der Waals surface area contributed by atoms with E-state index in [4.69, 9.17) is 0 Å². The Morgan fingerprint density at radius 3 is 1.80 bits per heavy atom. The molecule has 0 spiro atoms. The molecule has 0 radical (unpaired) electrons. The Hall–Kier alpha value is -1.97. The molecule has 0 bridgehead atoms. The van der Waals surface area contributed by atoms with Gasteiger partial charge >= 0.3 is 18.4 Å². The Kier molecular flexibility index (Phi) is 7.32. The zero-order chi connectivity index (χ0) is 22.7. The molecule has 4 nitrogen and oxygen atoms in total. The number of alkyl halides is 6. The molecule has 2 rings (SSSR count). The van der Waals surface area contributed by atoms with Crippen LogP contribution in [0, 0.1) is 0 Å². The van der Waals surface area contributed by atoms with Gasteiger partial charge in [-0.2, -0.15) is 26.3 Å². The minimum Gasteiger partial charge on any atom is -0.369 e. The van der Waals surface area contributed by atoms with E-state index in [0.29, 0.717) is 38.1 Å². The summed E-state index contributed by atoms with van der Waals surface area (Å²) in [5, 5.41) is 9.57. The highest BCUT2D eigenvalue weighted by molar-refractivity contribution is 5.92. The third-order valence-corrected chi connectivity index (χ3v) is 5.56. The first-order valence-electron chi connectivity index (χ1n) is 9.93. The quantitative estimate of drug-likeness (QED) is 0.606. The van der Waals surface area contributed by atoms with E-state index in [0.717, 1.165) is 31.4 Å². The molecular weight excluding hydrogens is 414 g/mol. The van der Waals surface area contributed by atoms with Gasteiger partial charge in [0.1, 0.15) is 0 Å². The number of anilines is 1. The van der Waals surface area contributed by atoms with Crippen LogP contribution < -0.4 is 4.90 Å². The molecule has 0 unspecified atom stereocenters. The Balaban J connectivity index is 2.47. The zero-order valence-corrected chi connectivity index (χ0v) is 16.9. The molecule has 0 heterocycles. The van der Waals surface area contributed by atoms with Gasteiger partial charge in [0.15, 0.2) is 0 Å². The van der Waals surface area contributed by atoms with Crippen LogP contribution in [0.4, 0.5) is 36.8 Å². The third kappa shape index (κ3) is 4.53. The lowest BCUT2D eigenvalue weighted by Gasteiger charge is -2.38. The van der Waals surface area contributed by atoms with Gasteiger partial charge in [0.05, 0.1) is 0 Å². The van der Waals surface area contributed by atoms with Gasteiger partial charge in [-0.3, -0.25) is 4.90 Å². The number of amides is 2. The molecule has 2 amide bonds. The van der Waals surface area contributed by atoms with Crippen molar-refractivity contribution in [3.8, 4) is 0 Å². The second-order valence-electron chi connectivity index (χ2n) is 7.37. The summed E-state index contributed by atoms with van der Waals surface area (Å²) in [4.78, 5) is 16.0. The first kappa shape index (κ1) is 24.3. The predicted octanol–water partition coefficient (Wildman–Crippen LogP) is 5.60. The minimum absolute atomic E-state index is 0.193. The van der Waals surface area contributed by atoms with E-state index in [9.17, 15) is 36.2 Å². The van der Waals surface area contributed by atoms with E-state index < -0.39 is 23.5 Å². The Morgan fingerprint density at radius 2 is 1.40 bits per heavy atom. The molecule has 1 fully saturated rings. The number of benzene rings is 1. The van der Waals surface area contributed by atoms with Crippen LogP contribution in [0.1, 0.15) is 51.5 Å². The minimum atomic E-state index is -5.95. The number of carbonyl (C=O) groups excluding carboxylic acids is 1. The number of nitrogens with zero attached hydrogens (tertiary/aromatic N) is 2. The van der Waals surface area contributed by atoms with Crippen molar-refractivity contribution in [2.24, 2.45) is 0 Å². The summed E-state index contributed by atoms with van der Waals surface area (Å²) in [5.74, 6) is 0. The van der Waals surface area contributed by atoms with Gasteiger partial charge in [0, 0.05) is 30.4 Å². The van der Waals surface area contributed by atoms with Crippen molar-refractivity contribution in [2.75, 3.05) is 18.0 Å². The van der Waals surface area contributed by atoms with Gasteiger partial charge < -0.3 is 10.0 Å². The SMILES string of the molecule is CCN(CC)C(=O)N(c1ccc(C(O)(C(F)(F)F)C(F)(F)F)cc1)C1CCCCC1. The van der Waals surface area contributed by atoms with Crippen LogP contribution in [0.5, 0.6) is 0 Å². The molecule has 0 saturated heterocycles. The van der Waals surface area contributed by atoms with E-state index in [1.807, 2.05) is 0 Å². The lowest BCUT2D eigenvalue weighted by atomic mass is 9.91. The van der Waals surface area contributed by atoms with Crippen LogP contribution in [0.25, 0.3) is 0 Å². The summed E-state index contributed by atoms with van der Waals surface area (Å²) in [6.07, 6.45) is -7.74. The van der Waals surface area contributed by atoms with Crippen molar-refractivity contribution in [3.63, 3.8) is 0 Å². The van der Waals surface area contributed by atoms with Gasteiger partial charge in [0.25, 0.3) is 5.60 Å². The summed E-state index contributed by atoms with van der Waals surface area (Å²) in [6.45, 7) is 4.41. The molecule has 0 aromatic heterocycles. The summed E-state index contributed by atoms with van der Waals surface area (Å²) in [6, 6.07) is 2.70. The fourth-order valence-corrected chi connectivity index (χ4v) is 3.81. The zero-order valence-electron chi connectivity index (χ0n) is 16.9. The molecule has 1 aliphatic rings. The Labute approximate surface area is 171 Å². The van der Waals surface area contributed by atoms with E-state index in [-0.39, 0.29) is 17.8 Å². The molecule has 1 N–H and O–H groups in total. The van der Waals surface area contributed by atoms with E-state index >= 15 is 0 Å². The highest BCUT2D eigenvalue weighted by atomic mass is 19.4. The maximum Gasteiger partial charge on any atom is 0.430 e. The third-order valence-electron chi connectivity index (χ3n) is 5.56. The number of aliphatic hydroxyl groups is 1. The summed E-state index contributed by atoms with van der Waals surface area (Å²) in [7, 11) is 0.